The lowest BCUT2D eigenvalue weighted by molar-refractivity contribution is -0.130. The lowest BCUT2D eigenvalue weighted by Crippen LogP contribution is -2.37. The number of aryl methyl sites for hydroxylation is 2. The molecule has 1 saturated heterocycles. The molecule has 1 fully saturated rings. The Balaban J connectivity index is 1.81. The maximum Gasteiger partial charge on any atom is 0.222 e. The highest BCUT2D eigenvalue weighted by Crippen LogP contribution is 2.16. The number of amides is 1. The van der Waals surface area contributed by atoms with E-state index in [4.69, 9.17) is 0 Å². The summed E-state index contributed by atoms with van der Waals surface area (Å²) in [5, 5.41) is 0. The van der Waals surface area contributed by atoms with E-state index in [0.29, 0.717) is 12.3 Å². The van der Waals surface area contributed by atoms with Crippen LogP contribution in [0.3, 0.4) is 0 Å². The first-order chi connectivity index (χ1) is 7.77. The average molecular weight is 256 g/mol. The first kappa shape index (κ1) is 11.9. The molecule has 2 heterocycles. The summed E-state index contributed by atoms with van der Waals surface area (Å²) in [6, 6.07) is 0. The van der Waals surface area contributed by atoms with Crippen molar-refractivity contribution in [3.8, 4) is 0 Å². The van der Waals surface area contributed by atoms with Crippen molar-refractivity contribution in [3.05, 3.63) is 16.1 Å². The van der Waals surface area contributed by atoms with Gasteiger partial charge in [-0.2, -0.15) is 11.8 Å². The molecule has 1 aliphatic rings. The number of hydrogen-bond donors (Lipinski definition) is 0. The van der Waals surface area contributed by atoms with E-state index in [1.54, 1.807) is 11.3 Å². The molecule has 0 N–H and O–H groups in total. The predicted molar refractivity (Wildman–Crippen MR) is 69.1 cm³/mol. The Bertz CT molecular complexity index is 359. The minimum Gasteiger partial charge on any atom is -0.341 e. The zero-order chi connectivity index (χ0) is 11.4. The molecule has 0 spiro atoms. The Labute approximate surface area is 104 Å². The van der Waals surface area contributed by atoms with Gasteiger partial charge in [0, 0.05) is 35.9 Å². The minimum atomic E-state index is 0.299. The molecule has 0 atom stereocenters. The van der Waals surface area contributed by atoms with Crippen molar-refractivity contribution < 1.29 is 4.79 Å². The summed E-state index contributed by atoms with van der Waals surface area (Å²) in [6.07, 6.45) is 1.48. The number of thioether (sulfide) groups is 1. The van der Waals surface area contributed by atoms with Gasteiger partial charge < -0.3 is 4.90 Å². The molecular weight excluding hydrogens is 240 g/mol. The molecule has 0 aliphatic carbocycles. The fraction of sp³-hybridized carbons (Fsp3) is 0.636. The minimum absolute atomic E-state index is 0.299. The molecule has 1 aromatic heterocycles. The van der Waals surface area contributed by atoms with Crippen molar-refractivity contribution >= 4 is 29.0 Å². The number of hydrogen-bond acceptors (Lipinski definition) is 4. The predicted octanol–water partition coefficient (Wildman–Crippen LogP) is 1.96. The van der Waals surface area contributed by atoms with Crippen LogP contribution in [0.1, 0.15) is 17.0 Å². The van der Waals surface area contributed by atoms with E-state index in [1.165, 1.54) is 4.88 Å². The van der Waals surface area contributed by atoms with Crippen LogP contribution in [0.2, 0.25) is 0 Å². The Morgan fingerprint density at radius 3 is 2.88 bits per heavy atom. The molecule has 1 aromatic rings. The van der Waals surface area contributed by atoms with Crippen molar-refractivity contribution in [2.75, 3.05) is 24.6 Å². The Hall–Kier alpha value is -0.550. The molecular formula is C11H16N2OS2. The number of rotatable bonds is 3. The number of nitrogens with zero attached hydrogens (tertiary/aromatic N) is 2. The largest absolute Gasteiger partial charge is 0.341 e. The maximum absolute atomic E-state index is 11.9. The van der Waals surface area contributed by atoms with E-state index < -0.39 is 0 Å². The van der Waals surface area contributed by atoms with E-state index in [0.717, 1.165) is 36.7 Å². The monoisotopic (exact) mass is 256 g/mol. The van der Waals surface area contributed by atoms with Crippen LogP contribution in [0.25, 0.3) is 0 Å². The fourth-order valence-electron chi connectivity index (χ4n) is 1.76. The third-order valence-electron chi connectivity index (χ3n) is 2.77. The van der Waals surface area contributed by atoms with Crippen molar-refractivity contribution in [1.82, 2.24) is 9.88 Å². The molecule has 0 saturated carbocycles. The normalized spacial score (nSPS) is 16.4. The van der Waals surface area contributed by atoms with Crippen molar-refractivity contribution in [1.29, 1.82) is 0 Å². The zero-order valence-electron chi connectivity index (χ0n) is 9.44. The summed E-state index contributed by atoms with van der Waals surface area (Å²) in [5.41, 5.74) is 2.93. The zero-order valence-corrected chi connectivity index (χ0v) is 11.1. The van der Waals surface area contributed by atoms with Gasteiger partial charge in [-0.25, -0.2) is 4.98 Å². The van der Waals surface area contributed by atoms with E-state index in [1.807, 2.05) is 29.1 Å². The summed E-state index contributed by atoms with van der Waals surface area (Å²) in [7, 11) is 0. The molecule has 3 nitrogen and oxygen atoms in total. The first-order valence-corrected chi connectivity index (χ1v) is 7.55. The molecule has 5 heteroatoms. The summed E-state index contributed by atoms with van der Waals surface area (Å²) < 4.78 is 0. The second-order valence-corrected chi connectivity index (χ2v) is 6.02. The Morgan fingerprint density at radius 2 is 2.25 bits per heavy atom. The quantitative estimate of drug-likeness (QED) is 0.829. The lowest BCUT2D eigenvalue weighted by Gasteiger charge is -2.26. The molecule has 1 aliphatic heterocycles. The molecule has 1 amide bonds. The first-order valence-electron chi connectivity index (χ1n) is 5.52. The summed E-state index contributed by atoms with van der Waals surface area (Å²) in [6.45, 7) is 3.85. The maximum atomic E-state index is 11.9. The van der Waals surface area contributed by atoms with Crippen molar-refractivity contribution in [3.63, 3.8) is 0 Å². The van der Waals surface area contributed by atoms with Crippen LogP contribution >= 0.6 is 23.1 Å². The Morgan fingerprint density at radius 1 is 1.50 bits per heavy atom. The average Bonchev–Trinajstić information content (AvgIpc) is 2.73. The van der Waals surface area contributed by atoms with Gasteiger partial charge in [0.15, 0.2) is 0 Å². The number of carbonyl (C=O) groups excluding carboxylic acids is 1. The van der Waals surface area contributed by atoms with Gasteiger partial charge in [0.05, 0.1) is 11.2 Å². The van der Waals surface area contributed by atoms with Gasteiger partial charge in [0.1, 0.15) is 0 Å². The van der Waals surface area contributed by atoms with Gasteiger partial charge in [-0.1, -0.05) is 0 Å². The summed E-state index contributed by atoms with van der Waals surface area (Å²) in [5.74, 6) is 2.48. The standard InChI is InChI=1S/C11H16N2OS2/c1-9-10(16-8-12-9)2-3-11(14)13-4-6-15-7-5-13/h8H,2-7H2,1H3. The second kappa shape index (κ2) is 5.68. The lowest BCUT2D eigenvalue weighted by atomic mass is 10.2. The molecule has 88 valence electrons. The molecule has 0 aromatic carbocycles. The fourth-order valence-corrected chi connectivity index (χ4v) is 3.44. The number of carbonyl (C=O) groups is 1. The highest BCUT2D eigenvalue weighted by Gasteiger charge is 2.16. The van der Waals surface area contributed by atoms with Gasteiger partial charge >= 0.3 is 0 Å². The van der Waals surface area contributed by atoms with E-state index in [9.17, 15) is 4.79 Å². The highest BCUT2D eigenvalue weighted by atomic mass is 32.2. The van der Waals surface area contributed by atoms with Gasteiger partial charge in [0.2, 0.25) is 5.91 Å². The third-order valence-corrected chi connectivity index (χ3v) is 4.71. The van der Waals surface area contributed by atoms with E-state index in [-0.39, 0.29) is 0 Å². The number of thiazole rings is 1. The van der Waals surface area contributed by atoms with E-state index in [2.05, 4.69) is 4.98 Å². The van der Waals surface area contributed by atoms with Gasteiger partial charge in [-0.3, -0.25) is 4.79 Å². The van der Waals surface area contributed by atoms with Crippen LogP contribution in [0.15, 0.2) is 5.51 Å². The topological polar surface area (TPSA) is 33.2 Å². The highest BCUT2D eigenvalue weighted by molar-refractivity contribution is 7.99. The SMILES string of the molecule is Cc1ncsc1CCC(=O)N1CCSCC1. The Kier molecular flexibility index (Phi) is 4.23. The molecule has 0 bridgehead atoms. The van der Waals surface area contributed by atoms with Crippen LogP contribution in [0, 0.1) is 6.92 Å². The molecule has 0 radical (unpaired) electrons. The van der Waals surface area contributed by atoms with Crippen molar-refractivity contribution in [2.24, 2.45) is 0 Å². The second-order valence-electron chi connectivity index (χ2n) is 3.85. The van der Waals surface area contributed by atoms with Gasteiger partial charge in [-0.15, -0.1) is 11.3 Å². The smallest absolute Gasteiger partial charge is 0.222 e. The van der Waals surface area contributed by atoms with Crippen LogP contribution in [-0.4, -0.2) is 40.4 Å². The summed E-state index contributed by atoms with van der Waals surface area (Å²) in [4.78, 5) is 19.3. The molecule has 0 unspecified atom stereocenters. The third kappa shape index (κ3) is 2.98. The van der Waals surface area contributed by atoms with Gasteiger partial charge in [0.25, 0.3) is 0 Å². The van der Waals surface area contributed by atoms with Crippen LogP contribution in [0.4, 0.5) is 0 Å². The van der Waals surface area contributed by atoms with Crippen LogP contribution in [0.5, 0.6) is 0 Å². The van der Waals surface area contributed by atoms with E-state index >= 15 is 0 Å². The summed E-state index contributed by atoms with van der Waals surface area (Å²) >= 11 is 3.58. The van der Waals surface area contributed by atoms with Crippen LogP contribution in [-0.2, 0) is 11.2 Å². The number of aromatic nitrogens is 1. The van der Waals surface area contributed by atoms with Crippen LogP contribution < -0.4 is 0 Å². The molecule has 16 heavy (non-hydrogen) atoms. The molecule has 2 rings (SSSR count). The van der Waals surface area contributed by atoms with Gasteiger partial charge in [-0.05, 0) is 13.3 Å². The van der Waals surface area contributed by atoms with Crippen molar-refractivity contribution in [2.45, 2.75) is 19.8 Å².